The predicted molar refractivity (Wildman–Crippen MR) is 115 cm³/mol. The third-order valence-electron chi connectivity index (χ3n) is 5.58. The van der Waals surface area contributed by atoms with Crippen LogP contribution in [-0.4, -0.2) is 33.5 Å². The number of amides is 1. The first-order chi connectivity index (χ1) is 11.1. The van der Waals surface area contributed by atoms with E-state index in [1.165, 1.54) is 0 Å². The van der Waals surface area contributed by atoms with Crippen molar-refractivity contribution < 1.29 is 4.79 Å². The average molecular weight is 369 g/mol. The molecule has 0 spiro atoms. The molecule has 0 rings (SSSR count). The molecular weight excluding hydrogens is 320 g/mol. The Morgan fingerprint density at radius 3 is 1.58 bits per heavy atom. The molecule has 26 heavy (non-hydrogen) atoms. The van der Waals surface area contributed by atoms with Crippen LogP contribution in [-0.2, 0) is 4.79 Å². The molecule has 0 aromatic rings. The fourth-order valence-electron chi connectivity index (χ4n) is 5.16. The molecule has 1 N–H and O–H groups in total. The minimum atomic E-state index is -0.347. The molecular formula is C23H48N2O. The highest BCUT2D eigenvalue weighted by Gasteiger charge is 2.50. The van der Waals surface area contributed by atoms with Gasteiger partial charge in [0.15, 0.2) is 0 Å². The second-order valence-electron chi connectivity index (χ2n) is 12.4. The van der Waals surface area contributed by atoms with E-state index in [4.69, 9.17) is 0 Å². The van der Waals surface area contributed by atoms with Gasteiger partial charge < -0.3 is 5.32 Å². The van der Waals surface area contributed by atoms with Gasteiger partial charge in [-0.1, -0.05) is 41.5 Å². The fraction of sp³-hybridized carbons (Fsp3) is 0.957. The highest BCUT2D eigenvalue weighted by Crippen LogP contribution is 2.42. The van der Waals surface area contributed by atoms with Crippen LogP contribution in [0.15, 0.2) is 0 Å². The van der Waals surface area contributed by atoms with E-state index in [9.17, 15) is 4.79 Å². The molecule has 0 aliphatic rings. The number of hydrogen-bond acceptors (Lipinski definition) is 2. The van der Waals surface area contributed by atoms with Crippen LogP contribution in [0.2, 0.25) is 0 Å². The molecule has 0 radical (unpaired) electrons. The van der Waals surface area contributed by atoms with E-state index in [1.807, 2.05) is 0 Å². The highest BCUT2D eigenvalue weighted by molar-refractivity contribution is 5.74. The molecule has 1 atom stereocenters. The molecule has 1 amide bonds. The monoisotopic (exact) mass is 368 g/mol. The largest absolute Gasteiger partial charge is 0.350 e. The molecule has 3 nitrogen and oxygen atoms in total. The second kappa shape index (κ2) is 7.81. The summed E-state index contributed by atoms with van der Waals surface area (Å²) in [6.07, 6.45) is 2.20. The zero-order valence-electron chi connectivity index (χ0n) is 20.3. The second-order valence-corrected chi connectivity index (χ2v) is 12.4. The Bertz CT molecular complexity index is 475. The van der Waals surface area contributed by atoms with Crippen molar-refractivity contribution >= 4 is 5.91 Å². The third kappa shape index (κ3) is 7.21. The van der Waals surface area contributed by atoms with E-state index in [0.29, 0.717) is 6.04 Å². The van der Waals surface area contributed by atoms with Crippen molar-refractivity contribution in [1.29, 1.82) is 0 Å². The van der Waals surface area contributed by atoms with Gasteiger partial charge in [-0.3, -0.25) is 9.69 Å². The van der Waals surface area contributed by atoms with Crippen molar-refractivity contribution in [2.75, 3.05) is 0 Å². The Hall–Kier alpha value is -0.570. The van der Waals surface area contributed by atoms with Crippen LogP contribution in [0.4, 0.5) is 0 Å². The first-order valence-corrected chi connectivity index (χ1v) is 10.2. The van der Waals surface area contributed by atoms with Crippen molar-refractivity contribution in [2.45, 2.75) is 132 Å². The Labute approximate surface area is 164 Å². The third-order valence-corrected chi connectivity index (χ3v) is 5.58. The van der Waals surface area contributed by atoms with Crippen LogP contribution in [0.3, 0.4) is 0 Å². The van der Waals surface area contributed by atoms with Crippen molar-refractivity contribution in [2.24, 2.45) is 10.8 Å². The lowest BCUT2D eigenvalue weighted by Gasteiger charge is -2.59. The van der Waals surface area contributed by atoms with Crippen LogP contribution in [0.1, 0.15) is 110 Å². The minimum Gasteiger partial charge on any atom is -0.350 e. The molecule has 0 aliphatic carbocycles. The van der Waals surface area contributed by atoms with Crippen molar-refractivity contribution in [3.63, 3.8) is 0 Å². The maximum atomic E-state index is 11.9. The van der Waals surface area contributed by atoms with Gasteiger partial charge in [-0.15, -0.1) is 0 Å². The summed E-state index contributed by atoms with van der Waals surface area (Å²) in [6.45, 7) is 31.4. The molecule has 0 fully saturated rings. The number of carbonyl (C=O) groups excluding carboxylic acids is 1. The lowest BCUT2D eigenvalue weighted by atomic mass is 9.72. The summed E-state index contributed by atoms with van der Waals surface area (Å²) in [7, 11) is 0. The zero-order chi connectivity index (χ0) is 21.4. The van der Waals surface area contributed by atoms with Gasteiger partial charge in [-0.05, 0) is 72.1 Å². The highest BCUT2D eigenvalue weighted by atomic mass is 16.1. The maximum absolute atomic E-state index is 11.9. The number of nitrogens with one attached hydrogen (secondary N) is 1. The normalized spacial score (nSPS) is 16.0. The smallest absolute Gasteiger partial charge is 0.217 e. The first-order valence-electron chi connectivity index (χ1n) is 10.2. The molecule has 0 heterocycles. The van der Waals surface area contributed by atoms with Gasteiger partial charge in [-0.2, -0.15) is 0 Å². The summed E-state index contributed by atoms with van der Waals surface area (Å²) >= 11 is 0. The predicted octanol–water partition coefficient (Wildman–Crippen LogP) is 6.02. The van der Waals surface area contributed by atoms with Crippen LogP contribution in [0.5, 0.6) is 0 Å². The molecule has 0 aromatic heterocycles. The van der Waals surface area contributed by atoms with Gasteiger partial charge in [0.2, 0.25) is 5.91 Å². The van der Waals surface area contributed by atoms with E-state index >= 15 is 0 Å². The topological polar surface area (TPSA) is 32.3 Å². The fourth-order valence-corrected chi connectivity index (χ4v) is 5.16. The summed E-state index contributed by atoms with van der Waals surface area (Å²) in [6, 6.07) is 0.399. The summed E-state index contributed by atoms with van der Waals surface area (Å²) in [5.41, 5.74) is -0.0679. The Kier molecular flexibility index (Phi) is 7.64. The van der Waals surface area contributed by atoms with Gasteiger partial charge in [0.25, 0.3) is 0 Å². The Morgan fingerprint density at radius 2 is 1.27 bits per heavy atom. The Morgan fingerprint density at radius 1 is 0.846 bits per heavy atom. The van der Waals surface area contributed by atoms with Crippen LogP contribution < -0.4 is 5.32 Å². The Balaban J connectivity index is 6.18. The van der Waals surface area contributed by atoms with Gasteiger partial charge in [0, 0.05) is 24.0 Å². The number of rotatable bonds is 7. The lowest BCUT2D eigenvalue weighted by molar-refractivity contribution is -0.126. The number of nitrogens with zero attached hydrogens (tertiary/aromatic N) is 1. The maximum Gasteiger partial charge on any atom is 0.217 e. The van der Waals surface area contributed by atoms with Gasteiger partial charge in [-0.25, -0.2) is 0 Å². The summed E-state index contributed by atoms with van der Waals surface area (Å²) in [5, 5.41) is 3.21. The van der Waals surface area contributed by atoms with Crippen LogP contribution in [0.25, 0.3) is 0 Å². The molecule has 0 aliphatic heterocycles. The van der Waals surface area contributed by atoms with Gasteiger partial charge in [0.1, 0.15) is 0 Å². The van der Waals surface area contributed by atoms with E-state index in [1.54, 1.807) is 6.92 Å². The quantitative estimate of drug-likeness (QED) is 0.596. The van der Waals surface area contributed by atoms with Crippen molar-refractivity contribution in [1.82, 2.24) is 10.2 Å². The molecule has 0 aromatic carbocycles. The summed E-state index contributed by atoms with van der Waals surface area (Å²) in [5.74, 6) is 0.0279. The van der Waals surface area contributed by atoms with Gasteiger partial charge >= 0.3 is 0 Å². The zero-order valence-corrected chi connectivity index (χ0v) is 20.3. The summed E-state index contributed by atoms with van der Waals surface area (Å²) in [4.78, 5) is 14.5. The molecule has 1 unspecified atom stereocenters. The number of carbonyl (C=O) groups is 1. The van der Waals surface area contributed by atoms with E-state index in [2.05, 4.69) is 100 Å². The molecule has 0 saturated heterocycles. The average Bonchev–Trinajstić information content (AvgIpc) is 2.17. The molecule has 3 heteroatoms. The molecule has 156 valence electrons. The molecule has 0 bridgehead atoms. The summed E-state index contributed by atoms with van der Waals surface area (Å²) < 4.78 is 0. The minimum absolute atomic E-state index is 0.00214. The van der Waals surface area contributed by atoms with Crippen molar-refractivity contribution in [3.05, 3.63) is 0 Å². The van der Waals surface area contributed by atoms with Crippen LogP contribution in [0, 0.1) is 10.8 Å². The van der Waals surface area contributed by atoms with Crippen molar-refractivity contribution in [3.8, 4) is 0 Å². The SMILES string of the molecule is CC(=O)NC(C)(C)C(C)(C)N(C(C)CC(C)(C)C)C(C)(C)CC(C)(C)C. The standard InChI is InChI=1S/C23H48N2O/c1-17(15-19(3,4)5)25(21(9,10)16-20(6,7)8)23(13,14)22(11,12)24-18(2)26/h17H,15-16H2,1-14H3,(H,24,26). The van der Waals surface area contributed by atoms with E-state index in [0.717, 1.165) is 12.8 Å². The van der Waals surface area contributed by atoms with E-state index < -0.39 is 0 Å². The lowest BCUT2D eigenvalue weighted by Crippen LogP contribution is -2.71. The van der Waals surface area contributed by atoms with E-state index in [-0.39, 0.29) is 33.4 Å². The first kappa shape index (κ1) is 25.4. The number of hydrogen-bond donors (Lipinski definition) is 1. The molecule has 0 saturated carbocycles. The van der Waals surface area contributed by atoms with Gasteiger partial charge in [0.05, 0.1) is 5.54 Å². The van der Waals surface area contributed by atoms with Crippen LogP contribution >= 0.6 is 0 Å².